The number of nitrogens with two attached hydrogens (primary N) is 1. The first-order valence-electron chi connectivity index (χ1n) is 5.14. The van der Waals surface area contributed by atoms with Crippen LogP contribution < -0.4 is 16.4 Å². The van der Waals surface area contributed by atoms with E-state index in [2.05, 4.69) is 20.6 Å². The summed E-state index contributed by atoms with van der Waals surface area (Å²) in [6, 6.07) is 0.131. The largest absolute Gasteiger partial charge is 0.421 e. The van der Waals surface area contributed by atoms with Gasteiger partial charge in [-0.2, -0.15) is 18.2 Å². The molecule has 1 aliphatic heterocycles. The molecule has 0 amide bonds. The highest BCUT2D eigenvalue weighted by Gasteiger charge is 2.34. The molecule has 2 rings (SSSR count). The van der Waals surface area contributed by atoms with Crippen LogP contribution in [0.15, 0.2) is 6.20 Å². The van der Waals surface area contributed by atoms with Gasteiger partial charge in [-0.15, -0.1) is 12.4 Å². The minimum atomic E-state index is -4.52. The Morgan fingerprint density at radius 2 is 2.17 bits per heavy atom. The fourth-order valence-electron chi connectivity index (χ4n) is 1.64. The zero-order chi connectivity index (χ0) is 12.5. The van der Waals surface area contributed by atoms with Gasteiger partial charge in [0.05, 0.1) is 0 Å². The number of anilines is 2. The van der Waals surface area contributed by atoms with E-state index in [1.54, 1.807) is 0 Å². The fourth-order valence-corrected chi connectivity index (χ4v) is 1.64. The molecule has 0 radical (unpaired) electrons. The molecule has 1 aliphatic rings. The predicted molar refractivity (Wildman–Crippen MR) is 63.6 cm³/mol. The highest BCUT2D eigenvalue weighted by atomic mass is 35.5. The highest BCUT2D eigenvalue weighted by molar-refractivity contribution is 5.85. The number of nitrogens with one attached hydrogen (secondary N) is 2. The highest BCUT2D eigenvalue weighted by Crippen LogP contribution is 2.32. The lowest BCUT2D eigenvalue weighted by Crippen LogP contribution is -2.24. The van der Waals surface area contributed by atoms with Gasteiger partial charge in [0.25, 0.3) is 0 Å². The van der Waals surface area contributed by atoms with E-state index in [1.165, 1.54) is 0 Å². The van der Waals surface area contributed by atoms with Gasteiger partial charge in [0.15, 0.2) is 0 Å². The maximum atomic E-state index is 12.4. The molecule has 102 valence electrons. The molecule has 0 spiro atoms. The first kappa shape index (κ1) is 14.8. The molecule has 0 aliphatic carbocycles. The van der Waals surface area contributed by atoms with Crippen molar-refractivity contribution in [1.29, 1.82) is 0 Å². The van der Waals surface area contributed by atoms with Crippen molar-refractivity contribution in [3.8, 4) is 0 Å². The van der Waals surface area contributed by atoms with Gasteiger partial charge in [0, 0.05) is 18.8 Å². The van der Waals surface area contributed by atoms with E-state index < -0.39 is 17.6 Å². The minimum absolute atomic E-state index is 0. The Balaban J connectivity index is 0.00000162. The molecule has 0 aromatic carbocycles. The van der Waals surface area contributed by atoms with E-state index in [0.29, 0.717) is 6.20 Å². The predicted octanol–water partition coefficient (Wildman–Crippen LogP) is 1.27. The summed E-state index contributed by atoms with van der Waals surface area (Å²) in [6.07, 6.45) is -2.94. The molecule has 9 heteroatoms. The normalized spacial score (nSPS) is 19.4. The van der Waals surface area contributed by atoms with Crippen molar-refractivity contribution in [1.82, 2.24) is 15.3 Å². The molecular formula is C9H13ClF3N5. The molecule has 2 heterocycles. The molecule has 4 N–H and O–H groups in total. The Morgan fingerprint density at radius 1 is 1.44 bits per heavy atom. The second kappa shape index (κ2) is 5.57. The third-order valence-electron chi connectivity index (χ3n) is 2.52. The van der Waals surface area contributed by atoms with Crippen LogP contribution in [0.3, 0.4) is 0 Å². The Kier molecular flexibility index (Phi) is 4.58. The van der Waals surface area contributed by atoms with Gasteiger partial charge in [-0.05, 0) is 13.0 Å². The maximum absolute atomic E-state index is 12.4. The van der Waals surface area contributed by atoms with Crippen molar-refractivity contribution in [3.63, 3.8) is 0 Å². The monoisotopic (exact) mass is 283 g/mol. The van der Waals surface area contributed by atoms with Crippen molar-refractivity contribution >= 4 is 24.2 Å². The minimum Gasteiger partial charge on any atom is -0.383 e. The molecule has 1 aromatic rings. The number of hydrogen-bond acceptors (Lipinski definition) is 5. The van der Waals surface area contributed by atoms with E-state index in [4.69, 9.17) is 5.73 Å². The Labute approximate surface area is 108 Å². The van der Waals surface area contributed by atoms with Crippen LogP contribution in [-0.2, 0) is 6.18 Å². The topological polar surface area (TPSA) is 75.9 Å². The first-order valence-corrected chi connectivity index (χ1v) is 5.14. The number of halogens is 4. The summed E-state index contributed by atoms with van der Waals surface area (Å²) in [6.45, 7) is 1.61. The van der Waals surface area contributed by atoms with Crippen molar-refractivity contribution in [2.45, 2.75) is 18.6 Å². The molecule has 5 nitrogen and oxygen atoms in total. The van der Waals surface area contributed by atoms with Gasteiger partial charge >= 0.3 is 6.18 Å². The van der Waals surface area contributed by atoms with Crippen LogP contribution in [0.2, 0.25) is 0 Å². The standard InChI is InChI=1S/C9H12F3N5.ClH/c10-9(11,12)6-4-15-8(17-7(6)13)16-5-1-2-14-3-5;/h4-5,14H,1-3H2,(H3,13,15,16,17);1H/t5-;/m1./s1. The molecule has 1 saturated heterocycles. The molecule has 1 fully saturated rings. The number of rotatable bonds is 2. The molecule has 18 heavy (non-hydrogen) atoms. The summed E-state index contributed by atoms with van der Waals surface area (Å²) >= 11 is 0. The fraction of sp³-hybridized carbons (Fsp3) is 0.556. The summed E-state index contributed by atoms with van der Waals surface area (Å²) in [4.78, 5) is 7.23. The summed E-state index contributed by atoms with van der Waals surface area (Å²) in [5.74, 6) is -0.426. The lowest BCUT2D eigenvalue weighted by atomic mass is 10.2. The maximum Gasteiger partial charge on any atom is 0.421 e. The van der Waals surface area contributed by atoms with E-state index in [9.17, 15) is 13.2 Å². The Hall–Kier alpha value is -1.28. The van der Waals surface area contributed by atoms with Crippen LogP contribution in [0.5, 0.6) is 0 Å². The number of aromatic nitrogens is 2. The lowest BCUT2D eigenvalue weighted by Gasteiger charge is -2.13. The van der Waals surface area contributed by atoms with Crippen LogP contribution in [0, 0.1) is 0 Å². The third-order valence-corrected chi connectivity index (χ3v) is 2.52. The zero-order valence-electron chi connectivity index (χ0n) is 9.29. The van der Waals surface area contributed by atoms with Gasteiger partial charge in [0.1, 0.15) is 11.4 Å². The van der Waals surface area contributed by atoms with E-state index in [1.807, 2.05) is 0 Å². The van der Waals surface area contributed by atoms with E-state index in [0.717, 1.165) is 19.5 Å². The second-order valence-corrected chi connectivity index (χ2v) is 3.82. The smallest absolute Gasteiger partial charge is 0.383 e. The Morgan fingerprint density at radius 3 is 2.67 bits per heavy atom. The Bertz CT molecular complexity index is 406. The number of nitrogen functional groups attached to an aromatic ring is 1. The average molecular weight is 284 g/mol. The molecule has 0 unspecified atom stereocenters. The SMILES string of the molecule is Cl.Nc1nc(N[C@@H]2CCNC2)ncc1C(F)(F)F. The zero-order valence-corrected chi connectivity index (χ0v) is 10.1. The molecular weight excluding hydrogens is 271 g/mol. The summed E-state index contributed by atoms with van der Waals surface area (Å²) in [5, 5.41) is 6.04. The summed E-state index contributed by atoms with van der Waals surface area (Å²) in [5.41, 5.74) is 4.25. The molecule has 0 bridgehead atoms. The van der Waals surface area contributed by atoms with Gasteiger partial charge < -0.3 is 16.4 Å². The summed E-state index contributed by atoms with van der Waals surface area (Å²) in [7, 11) is 0. The van der Waals surface area contributed by atoms with Crippen LogP contribution in [0.4, 0.5) is 24.9 Å². The first-order chi connectivity index (χ1) is 7.97. The van der Waals surface area contributed by atoms with Gasteiger partial charge in [-0.3, -0.25) is 0 Å². The van der Waals surface area contributed by atoms with Gasteiger partial charge in [0.2, 0.25) is 5.95 Å². The van der Waals surface area contributed by atoms with Crippen LogP contribution in [0.25, 0.3) is 0 Å². The van der Waals surface area contributed by atoms with Gasteiger partial charge in [-0.25, -0.2) is 4.98 Å². The number of nitrogens with zero attached hydrogens (tertiary/aromatic N) is 2. The van der Waals surface area contributed by atoms with Crippen LogP contribution in [0.1, 0.15) is 12.0 Å². The molecule has 1 atom stereocenters. The van der Waals surface area contributed by atoms with E-state index >= 15 is 0 Å². The van der Waals surface area contributed by atoms with Crippen LogP contribution >= 0.6 is 12.4 Å². The van der Waals surface area contributed by atoms with Crippen LogP contribution in [-0.4, -0.2) is 29.1 Å². The third kappa shape index (κ3) is 3.36. The average Bonchev–Trinajstić information content (AvgIpc) is 2.68. The van der Waals surface area contributed by atoms with Crippen molar-refractivity contribution < 1.29 is 13.2 Å². The molecule has 0 saturated carbocycles. The van der Waals surface area contributed by atoms with Crippen molar-refractivity contribution in [2.24, 2.45) is 0 Å². The lowest BCUT2D eigenvalue weighted by molar-refractivity contribution is -0.137. The van der Waals surface area contributed by atoms with E-state index in [-0.39, 0.29) is 24.4 Å². The van der Waals surface area contributed by atoms with Crippen molar-refractivity contribution in [2.75, 3.05) is 24.1 Å². The summed E-state index contributed by atoms with van der Waals surface area (Å²) < 4.78 is 37.2. The number of hydrogen-bond donors (Lipinski definition) is 3. The van der Waals surface area contributed by atoms with Gasteiger partial charge in [-0.1, -0.05) is 0 Å². The molecule has 1 aromatic heterocycles. The number of alkyl halides is 3. The quantitative estimate of drug-likeness (QED) is 0.762. The second-order valence-electron chi connectivity index (χ2n) is 3.82. The van der Waals surface area contributed by atoms with Crippen molar-refractivity contribution in [3.05, 3.63) is 11.8 Å².